The number of ether oxygens (including phenoxy) is 1. The summed E-state index contributed by atoms with van der Waals surface area (Å²) in [6.07, 6.45) is 0.586. The number of carbonyl (C=O) groups excluding carboxylic acids is 1. The Morgan fingerprint density at radius 1 is 1.33 bits per heavy atom. The number of hydrogen-bond donors (Lipinski definition) is 2. The van der Waals surface area contributed by atoms with Gasteiger partial charge in [-0.25, -0.2) is 0 Å². The van der Waals surface area contributed by atoms with Crippen molar-refractivity contribution >= 4 is 11.9 Å². The Hall–Kier alpha value is -2.08. The molecule has 0 radical (unpaired) electrons. The zero-order chi connectivity index (χ0) is 17.7. The van der Waals surface area contributed by atoms with Crippen molar-refractivity contribution in [1.82, 2.24) is 4.90 Å². The number of aliphatic carboxylic acids is 1. The van der Waals surface area contributed by atoms with Crippen LogP contribution in [0.5, 0.6) is 5.75 Å². The van der Waals surface area contributed by atoms with Crippen LogP contribution in [-0.4, -0.2) is 53.3 Å². The van der Waals surface area contributed by atoms with E-state index < -0.39 is 17.5 Å². The Bertz CT molecular complexity index is 586. The molecule has 1 heterocycles. The number of hydrogen-bond acceptors (Lipinski definition) is 4. The van der Waals surface area contributed by atoms with E-state index in [0.717, 1.165) is 11.3 Å². The van der Waals surface area contributed by atoms with Gasteiger partial charge in [-0.15, -0.1) is 0 Å². The van der Waals surface area contributed by atoms with Crippen molar-refractivity contribution < 1.29 is 24.5 Å². The minimum atomic E-state index is -1.26. The molecular formula is C18H25NO5. The first-order valence-corrected chi connectivity index (χ1v) is 8.25. The summed E-state index contributed by atoms with van der Waals surface area (Å²) in [5.74, 6) is -0.423. The first-order chi connectivity index (χ1) is 11.4. The van der Waals surface area contributed by atoms with Gasteiger partial charge in [0.2, 0.25) is 5.91 Å². The van der Waals surface area contributed by atoms with Gasteiger partial charge in [0.1, 0.15) is 11.2 Å². The fraction of sp³-hybridized carbons (Fsp3) is 0.556. The van der Waals surface area contributed by atoms with E-state index in [2.05, 4.69) is 0 Å². The van der Waals surface area contributed by atoms with Gasteiger partial charge >= 0.3 is 5.97 Å². The van der Waals surface area contributed by atoms with Crippen molar-refractivity contribution in [1.29, 1.82) is 0 Å². The van der Waals surface area contributed by atoms with Gasteiger partial charge < -0.3 is 19.8 Å². The topological polar surface area (TPSA) is 87.1 Å². The number of rotatable bonds is 6. The second kappa shape index (κ2) is 7.66. The molecule has 0 aliphatic carbocycles. The van der Waals surface area contributed by atoms with E-state index in [4.69, 9.17) is 4.74 Å². The molecule has 1 aliphatic rings. The number of nitrogens with zero attached hydrogens (tertiary/aromatic N) is 1. The van der Waals surface area contributed by atoms with E-state index in [1.807, 2.05) is 19.1 Å². The normalized spacial score (nSPS) is 23.8. The first kappa shape index (κ1) is 18.3. The number of piperidine rings is 1. The number of benzene rings is 1. The highest BCUT2D eigenvalue weighted by Gasteiger charge is 2.49. The highest BCUT2D eigenvalue weighted by Crippen LogP contribution is 2.35. The van der Waals surface area contributed by atoms with Crippen LogP contribution < -0.4 is 4.74 Å². The number of carbonyl (C=O) groups is 2. The Morgan fingerprint density at radius 2 is 2.00 bits per heavy atom. The number of carboxylic acids is 1. The summed E-state index contributed by atoms with van der Waals surface area (Å²) in [6, 6.07) is 7.24. The highest BCUT2D eigenvalue weighted by atomic mass is 16.5. The molecule has 1 fully saturated rings. The predicted octanol–water partition coefficient (Wildman–Crippen LogP) is 1.70. The van der Waals surface area contributed by atoms with Gasteiger partial charge in [-0.2, -0.15) is 0 Å². The largest absolute Gasteiger partial charge is 0.497 e. The lowest BCUT2D eigenvalue weighted by molar-refractivity contribution is -0.166. The van der Waals surface area contributed by atoms with Crippen LogP contribution >= 0.6 is 0 Å². The minimum Gasteiger partial charge on any atom is -0.497 e. The smallest absolute Gasteiger partial charge is 0.314 e. The lowest BCUT2D eigenvalue weighted by atomic mass is 9.74. The standard InChI is InChI=1S/C18H25NO5/c1-3-9-18(17(22)23)12-19(10-8-15(18)20)16(21)11-13-4-6-14(24-2)7-5-13/h4-7,15,20H,3,8-12H2,1-2H3,(H,22,23)/t15-,18+/m0/s1. The molecule has 1 aliphatic heterocycles. The average molecular weight is 335 g/mol. The molecule has 2 rings (SSSR count). The van der Waals surface area contributed by atoms with E-state index in [1.165, 1.54) is 0 Å². The summed E-state index contributed by atoms with van der Waals surface area (Å²) in [6.45, 7) is 2.33. The molecule has 1 aromatic rings. The Labute approximate surface area is 142 Å². The van der Waals surface area contributed by atoms with Crippen LogP contribution in [0.4, 0.5) is 0 Å². The van der Waals surface area contributed by atoms with Crippen LogP contribution in [0.3, 0.4) is 0 Å². The van der Waals surface area contributed by atoms with Gasteiger partial charge in [0, 0.05) is 13.1 Å². The summed E-state index contributed by atoms with van der Waals surface area (Å²) < 4.78 is 5.09. The van der Waals surface area contributed by atoms with Gasteiger partial charge in [-0.1, -0.05) is 25.5 Å². The van der Waals surface area contributed by atoms with Gasteiger partial charge in [-0.05, 0) is 30.5 Å². The molecule has 6 nitrogen and oxygen atoms in total. The van der Waals surface area contributed by atoms with Crippen LogP contribution in [-0.2, 0) is 16.0 Å². The number of likely N-dealkylation sites (tertiary alicyclic amines) is 1. The molecule has 2 N–H and O–H groups in total. The second-order valence-corrected chi connectivity index (χ2v) is 6.36. The maximum atomic E-state index is 12.6. The molecule has 0 spiro atoms. The maximum Gasteiger partial charge on any atom is 0.314 e. The average Bonchev–Trinajstić information content (AvgIpc) is 2.57. The second-order valence-electron chi connectivity index (χ2n) is 6.36. The molecular weight excluding hydrogens is 310 g/mol. The zero-order valence-electron chi connectivity index (χ0n) is 14.2. The Morgan fingerprint density at radius 3 is 2.54 bits per heavy atom. The van der Waals surface area contributed by atoms with Gasteiger partial charge in [-0.3, -0.25) is 9.59 Å². The number of methoxy groups -OCH3 is 1. The lowest BCUT2D eigenvalue weighted by Crippen LogP contribution is -2.57. The molecule has 2 atom stereocenters. The zero-order valence-corrected chi connectivity index (χ0v) is 14.2. The predicted molar refractivity (Wildman–Crippen MR) is 88.9 cm³/mol. The summed E-state index contributed by atoms with van der Waals surface area (Å²) in [5, 5.41) is 19.9. The van der Waals surface area contributed by atoms with Crippen molar-refractivity contribution in [2.75, 3.05) is 20.2 Å². The SMILES string of the molecule is CCC[C@@]1(C(=O)O)CN(C(=O)Cc2ccc(OC)cc2)CC[C@@H]1O. The number of carboxylic acid groups (broad SMARTS) is 1. The van der Waals surface area contributed by atoms with Gasteiger partial charge in [0.25, 0.3) is 0 Å². The number of aliphatic hydroxyl groups excluding tert-OH is 1. The van der Waals surface area contributed by atoms with E-state index in [9.17, 15) is 19.8 Å². The molecule has 6 heteroatoms. The Kier molecular flexibility index (Phi) is 5.83. The monoisotopic (exact) mass is 335 g/mol. The summed E-state index contributed by atoms with van der Waals surface area (Å²) in [7, 11) is 1.58. The highest BCUT2D eigenvalue weighted by molar-refractivity contribution is 5.81. The van der Waals surface area contributed by atoms with E-state index in [-0.39, 0.29) is 18.9 Å². The molecule has 132 valence electrons. The third-order valence-corrected chi connectivity index (χ3v) is 4.77. The third kappa shape index (κ3) is 3.70. The molecule has 1 aromatic carbocycles. The quantitative estimate of drug-likeness (QED) is 0.826. The van der Waals surface area contributed by atoms with Crippen molar-refractivity contribution in [3.05, 3.63) is 29.8 Å². The summed E-state index contributed by atoms with van der Waals surface area (Å²) >= 11 is 0. The lowest BCUT2D eigenvalue weighted by Gasteiger charge is -2.43. The van der Waals surface area contributed by atoms with Crippen LogP contribution in [0.25, 0.3) is 0 Å². The first-order valence-electron chi connectivity index (χ1n) is 8.25. The molecule has 1 amide bonds. The van der Waals surface area contributed by atoms with Crippen LogP contribution in [0, 0.1) is 5.41 Å². The van der Waals surface area contributed by atoms with Crippen LogP contribution in [0.1, 0.15) is 31.7 Å². The molecule has 24 heavy (non-hydrogen) atoms. The maximum absolute atomic E-state index is 12.6. The van der Waals surface area contributed by atoms with Gasteiger partial charge in [0.15, 0.2) is 0 Å². The molecule has 0 unspecified atom stereocenters. The van der Waals surface area contributed by atoms with Crippen molar-refractivity contribution in [3.63, 3.8) is 0 Å². The molecule has 0 aromatic heterocycles. The van der Waals surface area contributed by atoms with E-state index in [0.29, 0.717) is 25.8 Å². The van der Waals surface area contributed by atoms with E-state index in [1.54, 1.807) is 24.1 Å². The molecule has 0 saturated carbocycles. The van der Waals surface area contributed by atoms with Crippen LogP contribution in [0.2, 0.25) is 0 Å². The number of amides is 1. The summed E-state index contributed by atoms with van der Waals surface area (Å²) in [5.41, 5.74) is -0.411. The Balaban J connectivity index is 2.10. The minimum absolute atomic E-state index is 0.0618. The van der Waals surface area contributed by atoms with E-state index >= 15 is 0 Å². The third-order valence-electron chi connectivity index (χ3n) is 4.77. The van der Waals surface area contributed by atoms with Crippen LogP contribution in [0.15, 0.2) is 24.3 Å². The van der Waals surface area contributed by atoms with Crippen molar-refractivity contribution in [2.24, 2.45) is 5.41 Å². The van der Waals surface area contributed by atoms with Crippen molar-refractivity contribution in [3.8, 4) is 5.75 Å². The van der Waals surface area contributed by atoms with Crippen molar-refractivity contribution in [2.45, 2.75) is 38.7 Å². The van der Waals surface area contributed by atoms with Gasteiger partial charge in [0.05, 0.1) is 19.6 Å². The fourth-order valence-corrected chi connectivity index (χ4v) is 3.33. The molecule has 0 bridgehead atoms. The summed E-state index contributed by atoms with van der Waals surface area (Å²) in [4.78, 5) is 25.9. The molecule has 1 saturated heterocycles. The fourth-order valence-electron chi connectivity index (χ4n) is 3.33. The number of aliphatic hydroxyl groups is 1.